The first kappa shape index (κ1) is 13.4. The Morgan fingerprint density at radius 3 is 2.86 bits per heavy atom. The van der Waals surface area contributed by atoms with Crippen LogP contribution >= 0.6 is 0 Å². The molecule has 1 aliphatic carbocycles. The van der Waals surface area contributed by atoms with E-state index in [1.165, 1.54) is 12.8 Å². The Labute approximate surface area is 125 Å². The molecule has 2 heterocycles. The summed E-state index contributed by atoms with van der Waals surface area (Å²) in [6, 6.07) is 7.02. The number of hydrogen-bond donors (Lipinski definition) is 1. The lowest BCUT2D eigenvalue weighted by molar-refractivity contribution is -0.00789. The molecule has 4 rings (SSSR count). The van der Waals surface area contributed by atoms with Crippen LogP contribution in [-0.4, -0.2) is 41.3 Å². The van der Waals surface area contributed by atoms with Crippen LogP contribution in [0.2, 0.25) is 0 Å². The van der Waals surface area contributed by atoms with E-state index in [-0.39, 0.29) is 5.60 Å². The minimum atomic E-state index is -0.463. The molecule has 2 fully saturated rings. The maximum Gasteiger partial charge on any atom is 0.126 e. The maximum atomic E-state index is 10.6. The van der Waals surface area contributed by atoms with Gasteiger partial charge in [0.25, 0.3) is 0 Å². The summed E-state index contributed by atoms with van der Waals surface area (Å²) in [7, 11) is 1.64. The summed E-state index contributed by atoms with van der Waals surface area (Å²) in [4.78, 5) is 2.57. The average molecular weight is 289 g/mol. The van der Waals surface area contributed by atoms with Crippen molar-refractivity contribution in [2.24, 2.45) is 0 Å². The molecular weight excluding hydrogens is 266 g/mol. The van der Waals surface area contributed by atoms with E-state index in [9.17, 15) is 5.11 Å². The molecular formula is C17H23NO3. The molecule has 114 valence electrons. The van der Waals surface area contributed by atoms with E-state index in [1.807, 2.05) is 18.2 Å². The second-order valence-corrected chi connectivity index (χ2v) is 6.87. The second kappa shape index (κ2) is 4.62. The summed E-state index contributed by atoms with van der Waals surface area (Å²) < 4.78 is 11.6. The number of hydrogen-bond acceptors (Lipinski definition) is 4. The van der Waals surface area contributed by atoms with Crippen LogP contribution in [0, 0.1) is 0 Å². The van der Waals surface area contributed by atoms with Crippen molar-refractivity contribution in [3.8, 4) is 11.5 Å². The molecule has 3 atom stereocenters. The van der Waals surface area contributed by atoms with Gasteiger partial charge in [0.1, 0.15) is 17.1 Å². The number of aliphatic hydroxyl groups is 1. The minimum Gasteiger partial charge on any atom is -0.497 e. The van der Waals surface area contributed by atoms with Crippen LogP contribution in [0.1, 0.15) is 44.3 Å². The summed E-state index contributed by atoms with van der Waals surface area (Å²) in [5.41, 5.74) is 0.640. The van der Waals surface area contributed by atoms with E-state index in [1.54, 1.807) is 7.11 Å². The van der Waals surface area contributed by atoms with E-state index in [2.05, 4.69) is 11.8 Å². The van der Waals surface area contributed by atoms with Crippen molar-refractivity contribution in [3.05, 3.63) is 23.8 Å². The first-order chi connectivity index (χ1) is 10.1. The Morgan fingerprint density at radius 2 is 2.14 bits per heavy atom. The molecule has 4 heteroatoms. The molecule has 1 N–H and O–H groups in total. The highest BCUT2D eigenvalue weighted by Gasteiger charge is 2.51. The van der Waals surface area contributed by atoms with Gasteiger partial charge in [-0.25, -0.2) is 0 Å². The van der Waals surface area contributed by atoms with Gasteiger partial charge in [-0.15, -0.1) is 0 Å². The van der Waals surface area contributed by atoms with Gasteiger partial charge in [-0.3, -0.25) is 4.90 Å². The third kappa shape index (κ3) is 2.21. The number of fused-ring (bicyclic) bond motifs is 1. The molecule has 1 saturated heterocycles. The molecule has 4 nitrogen and oxygen atoms in total. The predicted molar refractivity (Wildman–Crippen MR) is 79.7 cm³/mol. The van der Waals surface area contributed by atoms with Gasteiger partial charge in [0.15, 0.2) is 0 Å². The van der Waals surface area contributed by atoms with Crippen molar-refractivity contribution >= 4 is 0 Å². The zero-order valence-electron chi connectivity index (χ0n) is 12.7. The fraction of sp³-hybridized carbons (Fsp3) is 0.647. The Morgan fingerprint density at radius 1 is 1.33 bits per heavy atom. The van der Waals surface area contributed by atoms with Crippen LogP contribution in [-0.2, 0) is 0 Å². The number of methoxy groups -OCH3 is 1. The Kier molecular flexibility index (Phi) is 2.95. The van der Waals surface area contributed by atoms with Gasteiger partial charge in [0.2, 0.25) is 0 Å². The Hall–Kier alpha value is -1.26. The third-order valence-corrected chi connectivity index (χ3v) is 5.19. The molecule has 1 aromatic carbocycles. The molecule has 0 amide bonds. The number of ether oxygens (including phenoxy) is 2. The van der Waals surface area contributed by atoms with Gasteiger partial charge in [0.05, 0.1) is 13.2 Å². The molecule has 0 aromatic heterocycles. The number of likely N-dealkylation sites (tertiary alicyclic amines) is 1. The topological polar surface area (TPSA) is 41.9 Å². The van der Waals surface area contributed by atoms with Crippen molar-refractivity contribution in [2.75, 3.05) is 13.7 Å². The summed E-state index contributed by atoms with van der Waals surface area (Å²) in [6.45, 7) is 3.23. The number of aliphatic hydroxyl groups excluding tert-OH is 1. The molecule has 1 saturated carbocycles. The van der Waals surface area contributed by atoms with Gasteiger partial charge in [0, 0.05) is 37.0 Å². The highest BCUT2D eigenvalue weighted by atomic mass is 16.5. The molecule has 2 aliphatic heterocycles. The average Bonchev–Trinajstić information content (AvgIpc) is 3.25. The van der Waals surface area contributed by atoms with Crippen molar-refractivity contribution < 1.29 is 14.6 Å². The molecule has 0 radical (unpaired) electrons. The van der Waals surface area contributed by atoms with E-state index in [0.717, 1.165) is 36.1 Å². The lowest BCUT2D eigenvalue weighted by Gasteiger charge is -2.38. The van der Waals surface area contributed by atoms with Crippen molar-refractivity contribution in [3.63, 3.8) is 0 Å². The predicted octanol–water partition coefficient (Wildman–Crippen LogP) is 2.51. The van der Waals surface area contributed by atoms with E-state index in [0.29, 0.717) is 12.5 Å². The summed E-state index contributed by atoms with van der Waals surface area (Å²) in [6.07, 6.45) is 3.86. The summed E-state index contributed by atoms with van der Waals surface area (Å²) in [5, 5.41) is 10.6. The number of benzene rings is 1. The van der Waals surface area contributed by atoms with Crippen molar-refractivity contribution in [1.29, 1.82) is 0 Å². The van der Waals surface area contributed by atoms with E-state index in [4.69, 9.17) is 9.47 Å². The van der Waals surface area contributed by atoms with Crippen molar-refractivity contribution in [1.82, 2.24) is 4.90 Å². The standard InChI is InChI=1S/C17H23NO3/c1-11-8-17(10-18(11)12-3-4-12)9-15(19)14-7-13(20-2)5-6-16(14)21-17/h5-7,11-12,15,19H,3-4,8-10H2,1-2H3. The highest BCUT2D eigenvalue weighted by Crippen LogP contribution is 2.48. The van der Waals surface area contributed by atoms with Crippen LogP contribution in [0.4, 0.5) is 0 Å². The second-order valence-electron chi connectivity index (χ2n) is 6.87. The Balaban J connectivity index is 1.62. The van der Waals surface area contributed by atoms with Gasteiger partial charge >= 0.3 is 0 Å². The molecule has 3 aliphatic rings. The summed E-state index contributed by atoms with van der Waals surface area (Å²) in [5.74, 6) is 1.59. The quantitative estimate of drug-likeness (QED) is 0.908. The molecule has 1 aromatic rings. The van der Waals surface area contributed by atoms with Crippen LogP contribution < -0.4 is 9.47 Å². The first-order valence-electron chi connectivity index (χ1n) is 7.91. The maximum absolute atomic E-state index is 10.6. The Bertz CT molecular complexity index is 557. The molecule has 0 bridgehead atoms. The number of rotatable bonds is 2. The van der Waals surface area contributed by atoms with Gasteiger partial charge in [-0.1, -0.05) is 0 Å². The third-order valence-electron chi connectivity index (χ3n) is 5.19. The molecule has 3 unspecified atom stereocenters. The normalized spacial score (nSPS) is 35.6. The molecule has 21 heavy (non-hydrogen) atoms. The van der Waals surface area contributed by atoms with E-state index < -0.39 is 6.10 Å². The largest absolute Gasteiger partial charge is 0.497 e. The SMILES string of the molecule is COc1ccc2c(c1)C(O)CC1(CC(C)N(C3CC3)C1)O2. The van der Waals surface area contributed by atoms with Gasteiger partial charge in [-0.05, 0) is 38.0 Å². The zero-order valence-corrected chi connectivity index (χ0v) is 12.7. The molecule has 1 spiro atoms. The van der Waals surface area contributed by atoms with Crippen LogP contribution in [0.15, 0.2) is 18.2 Å². The zero-order chi connectivity index (χ0) is 14.6. The number of nitrogens with zero attached hydrogens (tertiary/aromatic N) is 1. The highest BCUT2D eigenvalue weighted by molar-refractivity contribution is 5.44. The van der Waals surface area contributed by atoms with Gasteiger partial charge in [-0.2, -0.15) is 0 Å². The lowest BCUT2D eigenvalue weighted by atomic mass is 9.87. The summed E-state index contributed by atoms with van der Waals surface area (Å²) >= 11 is 0. The van der Waals surface area contributed by atoms with Crippen molar-refractivity contribution in [2.45, 2.75) is 56.4 Å². The fourth-order valence-electron chi connectivity index (χ4n) is 4.07. The minimum absolute atomic E-state index is 0.219. The van der Waals surface area contributed by atoms with Crippen LogP contribution in [0.25, 0.3) is 0 Å². The fourth-order valence-corrected chi connectivity index (χ4v) is 4.07. The van der Waals surface area contributed by atoms with Crippen LogP contribution in [0.3, 0.4) is 0 Å². The van der Waals surface area contributed by atoms with E-state index >= 15 is 0 Å². The first-order valence-corrected chi connectivity index (χ1v) is 7.91. The smallest absolute Gasteiger partial charge is 0.126 e. The van der Waals surface area contributed by atoms with Crippen LogP contribution in [0.5, 0.6) is 11.5 Å². The lowest BCUT2D eigenvalue weighted by Crippen LogP contribution is -2.44. The monoisotopic (exact) mass is 289 g/mol. The van der Waals surface area contributed by atoms with Gasteiger partial charge < -0.3 is 14.6 Å².